The fourth-order valence-electron chi connectivity index (χ4n) is 3.15. The van der Waals surface area contributed by atoms with Gasteiger partial charge in [-0.2, -0.15) is 8.78 Å². The highest BCUT2D eigenvalue weighted by molar-refractivity contribution is 7.18. The first-order valence-corrected chi connectivity index (χ1v) is 10.3. The number of halogens is 2. The molecule has 2 N–H and O–H groups in total. The highest BCUT2D eigenvalue weighted by Gasteiger charge is 2.32. The molecule has 2 aromatic carbocycles. The number of alkyl halides is 2. The van der Waals surface area contributed by atoms with Crippen molar-refractivity contribution in [3.8, 4) is 21.9 Å². The number of amides is 2. The molecule has 3 aromatic rings. The van der Waals surface area contributed by atoms with Gasteiger partial charge in [-0.15, -0.1) is 11.3 Å². The first-order chi connectivity index (χ1) is 15.4. The van der Waals surface area contributed by atoms with Crippen LogP contribution in [0.4, 0.5) is 20.2 Å². The molecule has 7 nitrogen and oxygen atoms in total. The van der Waals surface area contributed by atoms with E-state index < -0.39 is 12.5 Å². The van der Waals surface area contributed by atoms with Crippen LogP contribution in [0.5, 0.6) is 11.5 Å². The molecule has 1 aromatic heterocycles. The number of thiophene rings is 1. The van der Waals surface area contributed by atoms with Crippen molar-refractivity contribution in [1.82, 2.24) is 0 Å². The van der Waals surface area contributed by atoms with E-state index >= 15 is 0 Å². The summed E-state index contributed by atoms with van der Waals surface area (Å²) in [5.74, 6) is -0.256. The number of fused-ring (bicyclic) bond motifs is 1. The van der Waals surface area contributed by atoms with E-state index in [-0.39, 0.29) is 28.8 Å². The largest absolute Gasteiger partial charge is 0.497 e. The van der Waals surface area contributed by atoms with Crippen LogP contribution in [0.1, 0.15) is 9.67 Å². The number of carbonyl (C=O) groups is 2. The third-order valence-corrected chi connectivity index (χ3v) is 5.84. The molecule has 0 spiro atoms. The van der Waals surface area contributed by atoms with Crippen molar-refractivity contribution >= 4 is 40.9 Å². The predicted octanol–water partition coefficient (Wildman–Crippen LogP) is 3.36. The summed E-state index contributed by atoms with van der Waals surface area (Å²) in [5, 5.41) is 2.51. The van der Waals surface area contributed by atoms with E-state index in [0.717, 1.165) is 16.2 Å². The Labute approximate surface area is 185 Å². The Morgan fingerprint density at radius 1 is 1.19 bits per heavy atom. The number of carbonyl (C=O) groups excluding carboxylic acids is 2. The lowest BCUT2D eigenvalue weighted by Crippen LogP contribution is -3.15. The molecule has 164 valence electrons. The zero-order valence-electron chi connectivity index (χ0n) is 16.8. The summed E-state index contributed by atoms with van der Waals surface area (Å²) in [7, 11) is 1.59. The number of nitrogens with one attached hydrogen (secondary N) is 2. The molecule has 1 atom stereocenters. The molecule has 1 unspecified atom stereocenters. The molecule has 1 aliphatic heterocycles. The van der Waals surface area contributed by atoms with Crippen LogP contribution in [0.2, 0.25) is 0 Å². The molecule has 2 heterocycles. The second kappa shape index (κ2) is 9.25. The molecule has 4 rings (SSSR count). The first-order valence-electron chi connectivity index (χ1n) is 9.51. The minimum absolute atomic E-state index is 0.0946. The summed E-state index contributed by atoms with van der Waals surface area (Å²) >= 11 is 1.29. The normalized spacial score (nSPS) is 14.9. The van der Waals surface area contributed by atoms with Gasteiger partial charge in [0.1, 0.15) is 11.5 Å². The molecule has 0 saturated heterocycles. The van der Waals surface area contributed by atoms with Crippen LogP contribution < -0.4 is 19.7 Å². The van der Waals surface area contributed by atoms with Crippen LogP contribution in [0, 0.1) is 0 Å². The van der Waals surface area contributed by atoms with Gasteiger partial charge < -0.3 is 14.8 Å². The van der Waals surface area contributed by atoms with E-state index in [0.29, 0.717) is 10.6 Å². The second-order valence-electron chi connectivity index (χ2n) is 6.77. The lowest BCUT2D eigenvalue weighted by Gasteiger charge is -2.15. The van der Waals surface area contributed by atoms with Crippen LogP contribution >= 0.6 is 11.3 Å². The Bertz CT molecular complexity index is 1180. The fraction of sp³-hybridized carbons (Fsp3) is 0.136. The van der Waals surface area contributed by atoms with Gasteiger partial charge in [0.2, 0.25) is 0 Å². The summed E-state index contributed by atoms with van der Waals surface area (Å²) in [4.78, 5) is 31.2. The zero-order valence-corrected chi connectivity index (χ0v) is 17.6. The summed E-state index contributed by atoms with van der Waals surface area (Å²) in [5.41, 5.74) is 1.56. The number of nitrogens with zero attached hydrogens (tertiary/aromatic N) is 1. The maximum Gasteiger partial charge on any atom is 0.387 e. The zero-order chi connectivity index (χ0) is 22.7. The standard InChI is InChI=1S/C22H17F2N3O4S/c1-30-14-8-6-13(7-9-14)18-10-16-20(32-18)21(29)27(12-25-16)11-19(28)26-15-4-2-3-5-17(15)31-22(23)24/h2-10,12,22H,11H2,1H3,(H,26,28)/p+1. The number of rotatable bonds is 7. The van der Waals surface area contributed by atoms with Crippen LogP contribution in [0.25, 0.3) is 10.4 Å². The first kappa shape index (κ1) is 21.6. The molecular weight excluding hydrogens is 440 g/mol. The second-order valence-corrected chi connectivity index (χ2v) is 7.82. The van der Waals surface area contributed by atoms with Gasteiger partial charge in [0, 0.05) is 4.88 Å². The molecule has 0 bridgehead atoms. The Morgan fingerprint density at radius 3 is 2.66 bits per heavy atom. The van der Waals surface area contributed by atoms with E-state index in [1.54, 1.807) is 13.2 Å². The number of benzene rings is 2. The topological polar surface area (TPSA) is 81.4 Å². The number of para-hydroxylation sites is 2. The van der Waals surface area contributed by atoms with Crippen LogP contribution in [0.3, 0.4) is 0 Å². The van der Waals surface area contributed by atoms with Crippen LogP contribution in [-0.2, 0) is 4.79 Å². The van der Waals surface area contributed by atoms with Gasteiger partial charge in [0.25, 0.3) is 5.91 Å². The van der Waals surface area contributed by atoms with E-state index in [1.165, 1.54) is 35.9 Å². The average molecular weight is 458 g/mol. The highest BCUT2D eigenvalue weighted by atomic mass is 32.1. The number of methoxy groups -OCH3 is 1. The Kier molecular flexibility index (Phi) is 6.24. The highest BCUT2D eigenvalue weighted by Crippen LogP contribution is 2.37. The third kappa shape index (κ3) is 4.66. The third-order valence-electron chi connectivity index (χ3n) is 4.67. The molecule has 32 heavy (non-hydrogen) atoms. The van der Waals surface area contributed by atoms with E-state index in [4.69, 9.17) is 4.74 Å². The van der Waals surface area contributed by atoms with Crippen LogP contribution in [-0.4, -0.2) is 38.4 Å². The average Bonchev–Trinajstić information content (AvgIpc) is 3.22. The minimum Gasteiger partial charge on any atom is -0.497 e. The Balaban J connectivity index is 1.46. The lowest BCUT2D eigenvalue weighted by atomic mass is 10.1. The summed E-state index contributed by atoms with van der Waals surface area (Å²) < 4.78 is 34.7. The molecule has 0 saturated carbocycles. The van der Waals surface area contributed by atoms with Crippen molar-refractivity contribution in [3.05, 3.63) is 59.5 Å². The fourth-order valence-corrected chi connectivity index (χ4v) is 4.24. The molecular formula is C22H18F2N3O4S+. The van der Waals surface area contributed by atoms with Gasteiger partial charge >= 0.3 is 12.5 Å². The maximum atomic E-state index is 12.9. The van der Waals surface area contributed by atoms with Gasteiger partial charge in [-0.05, 0) is 48.0 Å². The van der Waals surface area contributed by atoms with Gasteiger partial charge in [-0.3, -0.25) is 4.79 Å². The smallest absolute Gasteiger partial charge is 0.387 e. The Morgan fingerprint density at radius 2 is 1.94 bits per heavy atom. The number of quaternary nitrogens is 1. The van der Waals surface area contributed by atoms with Crippen LogP contribution in [0.15, 0.2) is 59.6 Å². The van der Waals surface area contributed by atoms with Crippen molar-refractivity contribution in [2.24, 2.45) is 4.99 Å². The molecule has 0 aliphatic carbocycles. The number of anilines is 1. The number of aliphatic imine (C=N–C) groups is 1. The van der Waals surface area contributed by atoms with E-state index in [1.807, 2.05) is 30.3 Å². The van der Waals surface area contributed by atoms with Crippen molar-refractivity contribution in [2.45, 2.75) is 6.61 Å². The van der Waals surface area contributed by atoms with E-state index in [2.05, 4.69) is 15.0 Å². The molecule has 2 amide bonds. The molecule has 1 aliphatic rings. The number of hydrogen-bond acceptors (Lipinski definition) is 6. The lowest BCUT2D eigenvalue weighted by molar-refractivity contribution is -0.694. The minimum atomic E-state index is -3.02. The summed E-state index contributed by atoms with van der Waals surface area (Å²) in [6, 6.07) is 15.1. The SMILES string of the molecule is COc1ccc(-c2cc3c(s2)C(=O)[NH+](CC(=O)Nc2ccccc2OC(F)F)C=N3)cc1. The van der Waals surface area contributed by atoms with Gasteiger partial charge in [0.15, 0.2) is 17.8 Å². The van der Waals surface area contributed by atoms with Crippen molar-refractivity contribution in [1.29, 1.82) is 0 Å². The number of hydrogen-bond donors (Lipinski definition) is 2. The van der Waals surface area contributed by atoms with Crippen molar-refractivity contribution < 1.29 is 32.7 Å². The maximum absolute atomic E-state index is 12.9. The summed E-state index contributed by atoms with van der Waals surface area (Å²) in [6.45, 7) is -3.27. The predicted molar refractivity (Wildman–Crippen MR) is 116 cm³/mol. The van der Waals surface area contributed by atoms with Gasteiger partial charge in [0.05, 0.1) is 18.5 Å². The number of ether oxygens (including phenoxy) is 2. The summed E-state index contributed by atoms with van der Waals surface area (Å²) in [6.07, 6.45) is 1.37. The van der Waals surface area contributed by atoms with Crippen molar-refractivity contribution in [3.63, 3.8) is 0 Å². The monoisotopic (exact) mass is 458 g/mol. The van der Waals surface area contributed by atoms with Gasteiger partial charge in [-0.25, -0.2) is 14.7 Å². The van der Waals surface area contributed by atoms with E-state index in [9.17, 15) is 18.4 Å². The molecule has 0 fully saturated rings. The Hall–Kier alpha value is -3.63. The van der Waals surface area contributed by atoms with Crippen molar-refractivity contribution in [2.75, 3.05) is 19.0 Å². The molecule has 10 heteroatoms. The quantitative estimate of drug-likeness (QED) is 0.569. The van der Waals surface area contributed by atoms with Gasteiger partial charge in [-0.1, -0.05) is 12.1 Å². The molecule has 0 radical (unpaired) electrons.